The van der Waals surface area contributed by atoms with Crippen molar-refractivity contribution in [3.8, 4) is 0 Å². The Morgan fingerprint density at radius 2 is 1.68 bits per heavy atom. The van der Waals surface area contributed by atoms with Crippen LogP contribution in [-0.2, 0) is 16.5 Å². The van der Waals surface area contributed by atoms with Gasteiger partial charge in [0.05, 0.1) is 0 Å². The molecule has 0 aromatic heterocycles. The van der Waals surface area contributed by atoms with Crippen LogP contribution in [0.4, 0.5) is 0 Å². The predicted octanol–water partition coefficient (Wildman–Crippen LogP) is 3.82. The maximum atomic E-state index is 11.4. The Kier molecular flexibility index (Phi) is 4.22. The molecule has 0 aliphatic carbocycles. The summed E-state index contributed by atoms with van der Waals surface area (Å²) < 4.78 is 32.0. The Morgan fingerprint density at radius 1 is 1.00 bits per heavy atom. The van der Waals surface area contributed by atoms with Crippen molar-refractivity contribution in [2.75, 3.05) is 0 Å². The van der Waals surface area contributed by atoms with E-state index >= 15 is 0 Å². The number of hydrogen-bond acceptors (Lipinski definition) is 2. The molecular weight excluding hydrogens is 260 g/mol. The first-order valence-corrected chi connectivity index (χ1v) is 7.96. The number of unbranched alkanes of at least 4 members (excludes halogenated alkanes) is 2. The average Bonchev–Trinajstić information content (AvgIpc) is 2.37. The third-order valence-electron chi connectivity index (χ3n) is 3.30. The van der Waals surface area contributed by atoms with Gasteiger partial charge in [0.25, 0.3) is 10.1 Å². The van der Waals surface area contributed by atoms with Crippen molar-refractivity contribution in [3.63, 3.8) is 0 Å². The average molecular weight is 278 g/mol. The highest BCUT2D eigenvalue weighted by Crippen LogP contribution is 2.27. The second-order valence-electron chi connectivity index (χ2n) is 4.70. The third-order valence-corrected chi connectivity index (χ3v) is 4.21. The maximum Gasteiger partial charge on any atom is 0.295 e. The van der Waals surface area contributed by atoms with Gasteiger partial charge in [-0.2, -0.15) is 8.42 Å². The molecule has 0 radical (unpaired) electrons. The van der Waals surface area contributed by atoms with Crippen molar-refractivity contribution in [3.05, 3.63) is 42.0 Å². The fourth-order valence-electron chi connectivity index (χ4n) is 2.34. The molecule has 0 aliphatic heterocycles. The van der Waals surface area contributed by atoms with Crippen LogP contribution in [-0.4, -0.2) is 13.0 Å². The summed E-state index contributed by atoms with van der Waals surface area (Å²) in [6.07, 6.45) is 4.33. The van der Waals surface area contributed by atoms with E-state index in [1.807, 2.05) is 12.1 Å². The molecule has 0 aliphatic rings. The van der Waals surface area contributed by atoms with Crippen LogP contribution in [0.2, 0.25) is 0 Å². The summed E-state index contributed by atoms with van der Waals surface area (Å²) in [6, 6.07) is 10.6. The number of aryl methyl sites for hydroxylation is 1. The van der Waals surface area contributed by atoms with Gasteiger partial charge in [-0.1, -0.05) is 50.1 Å². The highest BCUT2D eigenvalue weighted by molar-refractivity contribution is 7.86. The lowest BCUT2D eigenvalue weighted by Crippen LogP contribution is -2.00. The second-order valence-corrected chi connectivity index (χ2v) is 6.09. The van der Waals surface area contributed by atoms with Gasteiger partial charge in [-0.15, -0.1) is 0 Å². The Bertz CT molecular complexity index is 675. The monoisotopic (exact) mass is 278 g/mol. The fourth-order valence-corrected chi connectivity index (χ4v) is 3.04. The van der Waals surface area contributed by atoms with Crippen molar-refractivity contribution in [1.82, 2.24) is 0 Å². The Hall–Kier alpha value is -1.39. The van der Waals surface area contributed by atoms with Gasteiger partial charge in [-0.3, -0.25) is 4.55 Å². The molecule has 0 heterocycles. The molecule has 0 fully saturated rings. The molecule has 1 N–H and O–H groups in total. The van der Waals surface area contributed by atoms with Crippen LogP contribution in [0.5, 0.6) is 0 Å². The Morgan fingerprint density at radius 3 is 2.32 bits per heavy atom. The Balaban J connectivity index is 2.52. The van der Waals surface area contributed by atoms with Crippen LogP contribution in [0.15, 0.2) is 41.3 Å². The van der Waals surface area contributed by atoms with Gasteiger partial charge in [0.1, 0.15) is 4.90 Å². The van der Waals surface area contributed by atoms with E-state index < -0.39 is 10.1 Å². The third kappa shape index (κ3) is 3.14. The maximum absolute atomic E-state index is 11.4. The molecule has 2 aromatic rings. The van der Waals surface area contributed by atoms with Crippen molar-refractivity contribution in [1.29, 1.82) is 0 Å². The molecule has 4 heteroatoms. The van der Waals surface area contributed by atoms with E-state index in [1.54, 1.807) is 18.2 Å². The molecule has 0 saturated carbocycles. The number of benzene rings is 2. The van der Waals surface area contributed by atoms with E-state index in [0.29, 0.717) is 5.39 Å². The standard InChI is InChI=1S/C15H18O3S/c1-2-3-4-7-12-10-11-15(19(16,17)18)14-9-6-5-8-13(12)14/h5-6,8-11H,2-4,7H2,1H3,(H,16,17,18). The van der Waals surface area contributed by atoms with Crippen molar-refractivity contribution < 1.29 is 13.0 Å². The minimum absolute atomic E-state index is 0.0117. The van der Waals surface area contributed by atoms with E-state index in [4.69, 9.17) is 0 Å². The first-order valence-electron chi connectivity index (χ1n) is 6.52. The lowest BCUT2D eigenvalue weighted by Gasteiger charge is -2.09. The summed E-state index contributed by atoms with van der Waals surface area (Å²) in [5.41, 5.74) is 1.14. The lowest BCUT2D eigenvalue weighted by molar-refractivity contribution is 0.484. The van der Waals surface area contributed by atoms with Gasteiger partial charge < -0.3 is 0 Å². The molecule has 0 bridgehead atoms. The zero-order chi connectivity index (χ0) is 13.9. The highest BCUT2D eigenvalue weighted by atomic mass is 32.2. The van der Waals surface area contributed by atoms with Crippen LogP contribution in [0.1, 0.15) is 31.7 Å². The summed E-state index contributed by atoms with van der Waals surface area (Å²) in [5.74, 6) is 0. The Labute approximate surface area is 114 Å². The fraction of sp³-hybridized carbons (Fsp3) is 0.333. The smallest absolute Gasteiger partial charge is 0.282 e. The minimum Gasteiger partial charge on any atom is -0.282 e. The summed E-state index contributed by atoms with van der Waals surface area (Å²) >= 11 is 0. The quantitative estimate of drug-likeness (QED) is 0.668. The van der Waals surface area contributed by atoms with Crippen molar-refractivity contribution >= 4 is 20.9 Å². The molecular formula is C15H18O3S. The molecule has 2 aromatic carbocycles. The van der Waals surface area contributed by atoms with E-state index in [2.05, 4.69) is 6.92 Å². The summed E-state index contributed by atoms with van der Waals surface area (Å²) in [6.45, 7) is 2.15. The van der Waals surface area contributed by atoms with Crippen LogP contribution in [0.3, 0.4) is 0 Å². The zero-order valence-corrected chi connectivity index (χ0v) is 11.8. The van der Waals surface area contributed by atoms with Gasteiger partial charge in [0, 0.05) is 5.39 Å². The molecule has 0 saturated heterocycles. The normalized spacial score (nSPS) is 11.9. The van der Waals surface area contributed by atoms with Gasteiger partial charge in [0.2, 0.25) is 0 Å². The molecule has 0 unspecified atom stereocenters. The molecule has 102 valence electrons. The largest absolute Gasteiger partial charge is 0.295 e. The lowest BCUT2D eigenvalue weighted by atomic mass is 10.00. The van der Waals surface area contributed by atoms with Gasteiger partial charge in [-0.05, 0) is 29.9 Å². The van der Waals surface area contributed by atoms with E-state index in [-0.39, 0.29) is 4.90 Å². The minimum atomic E-state index is -4.17. The van der Waals surface area contributed by atoms with E-state index in [0.717, 1.165) is 36.6 Å². The molecule has 0 atom stereocenters. The van der Waals surface area contributed by atoms with E-state index in [1.165, 1.54) is 6.07 Å². The van der Waals surface area contributed by atoms with Gasteiger partial charge in [0.15, 0.2) is 0 Å². The van der Waals surface area contributed by atoms with Crippen LogP contribution in [0.25, 0.3) is 10.8 Å². The van der Waals surface area contributed by atoms with Crippen molar-refractivity contribution in [2.24, 2.45) is 0 Å². The molecule has 19 heavy (non-hydrogen) atoms. The van der Waals surface area contributed by atoms with Gasteiger partial charge in [-0.25, -0.2) is 0 Å². The van der Waals surface area contributed by atoms with Crippen LogP contribution >= 0.6 is 0 Å². The second kappa shape index (κ2) is 5.72. The summed E-state index contributed by atoms with van der Waals surface area (Å²) in [5, 5.41) is 1.51. The number of hydrogen-bond donors (Lipinski definition) is 1. The molecule has 2 rings (SSSR count). The summed E-state index contributed by atoms with van der Waals surface area (Å²) in [4.78, 5) is -0.0117. The number of fused-ring (bicyclic) bond motifs is 1. The highest BCUT2D eigenvalue weighted by Gasteiger charge is 2.15. The van der Waals surface area contributed by atoms with Gasteiger partial charge >= 0.3 is 0 Å². The summed E-state index contributed by atoms with van der Waals surface area (Å²) in [7, 11) is -4.17. The van der Waals surface area contributed by atoms with Crippen molar-refractivity contribution in [2.45, 2.75) is 37.5 Å². The van der Waals surface area contributed by atoms with Crippen LogP contribution < -0.4 is 0 Å². The predicted molar refractivity (Wildman–Crippen MR) is 77.0 cm³/mol. The van der Waals surface area contributed by atoms with Crippen LogP contribution in [0, 0.1) is 0 Å². The SMILES string of the molecule is CCCCCc1ccc(S(=O)(=O)O)c2ccccc12. The molecule has 0 spiro atoms. The first kappa shape index (κ1) is 14.0. The van der Waals surface area contributed by atoms with E-state index in [9.17, 15) is 13.0 Å². The zero-order valence-electron chi connectivity index (χ0n) is 11.0. The molecule has 3 nitrogen and oxygen atoms in total. The topological polar surface area (TPSA) is 54.4 Å². The molecule has 0 amide bonds. The number of rotatable bonds is 5. The first-order chi connectivity index (χ1) is 9.04.